The van der Waals surface area contributed by atoms with E-state index in [9.17, 15) is 5.11 Å². The van der Waals surface area contributed by atoms with E-state index < -0.39 is 6.10 Å². The predicted molar refractivity (Wildman–Crippen MR) is 76.6 cm³/mol. The molecule has 0 saturated carbocycles. The number of nitrogens with zero attached hydrogens (tertiary/aromatic N) is 3. The second-order valence-corrected chi connectivity index (χ2v) is 5.26. The minimum atomic E-state index is -0.725. The van der Waals surface area contributed by atoms with E-state index in [-0.39, 0.29) is 6.79 Å². The van der Waals surface area contributed by atoms with Gasteiger partial charge in [0.25, 0.3) is 0 Å². The van der Waals surface area contributed by atoms with Crippen molar-refractivity contribution in [3.63, 3.8) is 0 Å². The zero-order chi connectivity index (χ0) is 14.8. The molecule has 1 aliphatic rings. The number of aliphatic hydroxyl groups excluding tert-OH is 1. The van der Waals surface area contributed by atoms with Crippen molar-refractivity contribution in [2.45, 2.75) is 32.4 Å². The van der Waals surface area contributed by atoms with Gasteiger partial charge in [0.2, 0.25) is 6.79 Å². The molecule has 1 aliphatic heterocycles. The summed E-state index contributed by atoms with van der Waals surface area (Å²) in [6.45, 7) is 3.00. The second-order valence-electron chi connectivity index (χ2n) is 4.86. The first-order valence-electron chi connectivity index (χ1n) is 6.82. The highest BCUT2D eigenvalue weighted by Gasteiger charge is 2.22. The van der Waals surface area contributed by atoms with Crippen LogP contribution in [0.1, 0.15) is 30.8 Å². The summed E-state index contributed by atoms with van der Waals surface area (Å²) in [5, 5.41) is 15.0. The van der Waals surface area contributed by atoms with Gasteiger partial charge in [-0.2, -0.15) is 5.10 Å². The van der Waals surface area contributed by atoms with E-state index in [1.54, 1.807) is 16.8 Å². The van der Waals surface area contributed by atoms with Gasteiger partial charge in [-0.25, -0.2) is 4.98 Å². The van der Waals surface area contributed by atoms with Crippen LogP contribution in [0.25, 0.3) is 0 Å². The first kappa shape index (κ1) is 14.2. The van der Waals surface area contributed by atoms with E-state index in [0.717, 1.165) is 18.8 Å². The zero-order valence-corrected chi connectivity index (χ0v) is 12.4. The number of fused-ring (bicyclic) bond motifs is 1. The van der Waals surface area contributed by atoms with Crippen molar-refractivity contribution in [2.24, 2.45) is 0 Å². The SMILES string of the molecule is CCCn1ncnc1CC(O)c1cc(Cl)c2c(c1)OCO2. The molecular formula is C14H16ClN3O3. The molecule has 1 aromatic carbocycles. The molecule has 0 aliphatic carbocycles. The fourth-order valence-electron chi connectivity index (χ4n) is 2.32. The van der Waals surface area contributed by atoms with Crippen LogP contribution in [0.2, 0.25) is 5.02 Å². The molecule has 0 radical (unpaired) electrons. The molecule has 0 spiro atoms. The van der Waals surface area contributed by atoms with Crippen molar-refractivity contribution in [1.29, 1.82) is 0 Å². The minimum Gasteiger partial charge on any atom is -0.454 e. The summed E-state index contributed by atoms with van der Waals surface area (Å²) in [6, 6.07) is 3.44. The fourth-order valence-corrected chi connectivity index (χ4v) is 2.59. The van der Waals surface area contributed by atoms with Crippen LogP contribution in [0.4, 0.5) is 0 Å². The average molecular weight is 310 g/mol. The van der Waals surface area contributed by atoms with Crippen LogP contribution in [0.15, 0.2) is 18.5 Å². The van der Waals surface area contributed by atoms with Crippen LogP contribution >= 0.6 is 11.6 Å². The minimum absolute atomic E-state index is 0.152. The summed E-state index contributed by atoms with van der Waals surface area (Å²) in [7, 11) is 0. The molecule has 0 bridgehead atoms. The number of halogens is 1. The maximum absolute atomic E-state index is 10.4. The van der Waals surface area contributed by atoms with Crippen LogP contribution in [0, 0.1) is 0 Å². The zero-order valence-electron chi connectivity index (χ0n) is 11.6. The summed E-state index contributed by atoms with van der Waals surface area (Å²) in [5.74, 6) is 1.84. The lowest BCUT2D eigenvalue weighted by Crippen LogP contribution is -2.10. The van der Waals surface area contributed by atoms with Crippen molar-refractivity contribution in [1.82, 2.24) is 14.8 Å². The van der Waals surface area contributed by atoms with Crippen molar-refractivity contribution in [3.8, 4) is 11.5 Å². The Balaban J connectivity index is 1.81. The Morgan fingerprint density at radius 3 is 3.10 bits per heavy atom. The number of hydrogen-bond acceptors (Lipinski definition) is 5. The van der Waals surface area contributed by atoms with Gasteiger partial charge in [0.15, 0.2) is 11.5 Å². The standard InChI is InChI=1S/C14H16ClN3O3/c1-2-3-18-13(16-7-17-18)6-11(19)9-4-10(15)14-12(5-9)20-8-21-14/h4-5,7,11,19H,2-3,6,8H2,1H3. The second kappa shape index (κ2) is 5.91. The number of aromatic nitrogens is 3. The molecule has 3 rings (SSSR count). The highest BCUT2D eigenvalue weighted by atomic mass is 35.5. The Hall–Kier alpha value is -1.79. The van der Waals surface area contributed by atoms with Crippen LogP contribution in [-0.4, -0.2) is 26.7 Å². The smallest absolute Gasteiger partial charge is 0.231 e. The molecule has 112 valence electrons. The van der Waals surface area contributed by atoms with Crippen molar-refractivity contribution in [2.75, 3.05) is 6.79 Å². The van der Waals surface area contributed by atoms with Gasteiger partial charge in [0, 0.05) is 13.0 Å². The summed E-state index contributed by atoms with van der Waals surface area (Å²) in [4.78, 5) is 4.20. The van der Waals surface area contributed by atoms with Crippen LogP contribution in [-0.2, 0) is 13.0 Å². The van der Waals surface area contributed by atoms with Gasteiger partial charge in [-0.3, -0.25) is 4.68 Å². The summed E-state index contributed by atoms with van der Waals surface area (Å²) in [5.41, 5.74) is 0.676. The largest absolute Gasteiger partial charge is 0.454 e. The molecular weight excluding hydrogens is 294 g/mol. The van der Waals surface area contributed by atoms with Gasteiger partial charge < -0.3 is 14.6 Å². The molecule has 1 N–H and O–H groups in total. The number of ether oxygens (including phenoxy) is 2. The van der Waals surface area contributed by atoms with Crippen LogP contribution < -0.4 is 9.47 Å². The molecule has 0 amide bonds. The Kier molecular flexibility index (Phi) is 3.98. The van der Waals surface area contributed by atoms with Gasteiger partial charge in [0.05, 0.1) is 11.1 Å². The van der Waals surface area contributed by atoms with Gasteiger partial charge >= 0.3 is 0 Å². The maximum atomic E-state index is 10.4. The molecule has 2 heterocycles. The van der Waals surface area contributed by atoms with E-state index >= 15 is 0 Å². The molecule has 1 atom stereocenters. The Bertz CT molecular complexity index is 644. The van der Waals surface area contributed by atoms with E-state index in [4.69, 9.17) is 21.1 Å². The van der Waals surface area contributed by atoms with Crippen molar-refractivity contribution >= 4 is 11.6 Å². The Labute approximate surface area is 127 Å². The van der Waals surface area contributed by atoms with Crippen LogP contribution in [0.5, 0.6) is 11.5 Å². The first-order valence-corrected chi connectivity index (χ1v) is 7.20. The number of aliphatic hydroxyl groups is 1. The van der Waals surface area contributed by atoms with Gasteiger partial charge in [0.1, 0.15) is 12.2 Å². The third-order valence-electron chi connectivity index (χ3n) is 3.34. The summed E-state index contributed by atoms with van der Waals surface area (Å²) < 4.78 is 12.4. The highest BCUT2D eigenvalue weighted by Crippen LogP contribution is 2.41. The predicted octanol–water partition coefficient (Wildman–Crippen LogP) is 2.35. The maximum Gasteiger partial charge on any atom is 0.231 e. The molecule has 21 heavy (non-hydrogen) atoms. The topological polar surface area (TPSA) is 69.4 Å². The normalized spacial score (nSPS) is 14.4. The number of aryl methyl sites for hydroxylation is 1. The first-order chi connectivity index (χ1) is 10.2. The average Bonchev–Trinajstić information content (AvgIpc) is 3.09. The summed E-state index contributed by atoms with van der Waals surface area (Å²) in [6.07, 6.45) is 2.11. The molecule has 0 fully saturated rings. The van der Waals surface area contributed by atoms with E-state index in [2.05, 4.69) is 17.0 Å². The molecule has 6 nitrogen and oxygen atoms in total. The van der Waals surface area contributed by atoms with Gasteiger partial charge in [-0.05, 0) is 24.1 Å². The summed E-state index contributed by atoms with van der Waals surface area (Å²) >= 11 is 6.13. The van der Waals surface area contributed by atoms with Crippen LogP contribution in [0.3, 0.4) is 0 Å². The highest BCUT2D eigenvalue weighted by molar-refractivity contribution is 6.32. The molecule has 2 aromatic rings. The fraction of sp³-hybridized carbons (Fsp3) is 0.429. The monoisotopic (exact) mass is 309 g/mol. The Morgan fingerprint density at radius 2 is 2.29 bits per heavy atom. The quantitative estimate of drug-likeness (QED) is 0.918. The lowest BCUT2D eigenvalue weighted by Gasteiger charge is -2.13. The lowest BCUT2D eigenvalue weighted by molar-refractivity contribution is 0.170. The van der Waals surface area contributed by atoms with Gasteiger partial charge in [-0.15, -0.1) is 0 Å². The van der Waals surface area contributed by atoms with E-state index in [1.807, 2.05) is 0 Å². The van der Waals surface area contributed by atoms with E-state index in [1.165, 1.54) is 6.33 Å². The lowest BCUT2D eigenvalue weighted by atomic mass is 10.1. The third-order valence-corrected chi connectivity index (χ3v) is 3.62. The Morgan fingerprint density at radius 1 is 1.43 bits per heavy atom. The van der Waals surface area contributed by atoms with Crippen molar-refractivity contribution in [3.05, 3.63) is 34.9 Å². The molecule has 1 unspecified atom stereocenters. The third kappa shape index (κ3) is 2.82. The number of hydrogen-bond donors (Lipinski definition) is 1. The number of benzene rings is 1. The molecule has 7 heteroatoms. The molecule has 1 aromatic heterocycles. The van der Waals surface area contributed by atoms with E-state index in [0.29, 0.717) is 28.5 Å². The number of rotatable bonds is 5. The van der Waals surface area contributed by atoms with Crippen molar-refractivity contribution < 1.29 is 14.6 Å². The molecule has 0 saturated heterocycles. The van der Waals surface area contributed by atoms with Gasteiger partial charge in [-0.1, -0.05) is 18.5 Å².